The van der Waals surface area contributed by atoms with Crippen LogP contribution in [0.2, 0.25) is 0 Å². The van der Waals surface area contributed by atoms with E-state index in [0.29, 0.717) is 40.3 Å². The number of aryl methyl sites for hydroxylation is 2. The molecule has 2 amide bonds. The van der Waals surface area contributed by atoms with Crippen LogP contribution in [0.3, 0.4) is 0 Å². The van der Waals surface area contributed by atoms with Gasteiger partial charge in [-0.2, -0.15) is 0 Å². The number of fused-ring (bicyclic) bond motifs is 3. The van der Waals surface area contributed by atoms with Gasteiger partial charge in [0.1, 0.15) is 28.6 Å². The van der Waals surface area contributed by atoms with Crippen molar-refractivity contribution in [1.29, 1.82) is 0 Å². The Kier molecular flexibility index (Phi) is 9.07. The van der Waals surface area contributed by atoms with Crippen molar-refractivity contribution in [2.24, 2.45) is 0 Å². The molecular formula is C32H35N5O7. The predicted octanol–water partition coefficient (Wildman–Crippen LogP) is 4.25. The highest BCUT2D eigenvalue weighted by Gasteiger charge is 2.32. The van der Waals surface area contributed by atoms with Crippen molar-refractivity contribution in [2.45, 2.75) is 77.7 Å². The van der Waals surface area contributed by atoms with Gasteiger partial charge >= 0.3 is 5.97 Å². The number of phenolic OH excluding ortho intramolecular Hbond substituents is 2. The van der Waals surface area contributed by atoms with Gasteiger partial charge in [-0.1, -0.05) is 19.4 Å². The summed E-state index contributed by atoms with van der Waals surface area (Å²) in [7, 11) is 0. The highest BCUT2D eigenvalue weighted by Crippen LogP contribution is 2.33. The van der Waals surface area contributed by atoms with Gasteiger partial charge in [0.25, 0.3) is 11.8 Å². The molecule has 4 N–H and O–H groups in total. The lowest BCUT2D eigenvalue weighted by atomic mass is 10.0. The zero-order valence-electron chi connectivity index (χ0n) is 24.5. The topological polar surface area (TPSA) is 178 Å². The molecule has 4 aromatic rings. The van der Waals surface area contributed by atoms with Crippen molar-refractivity contribution in [2.75, 3.05) is 5.73 Å². The van der Waals surface area contributed by atoms with Gasteiger partial charge in [-0.15, -0.1) is 5.06 Å². The van der Waals surface area contributed by atoms with Gasteiger partial charge in [0.05, 0.1) is 17.6 Å². The van der Waals surface area contributed by atoms with Gasteiger partial charge in [0.15, 0.2) is 5.82 Å². The monoisotopic (exact) mass is 601 g/mol. The number of hydrogen-bond acceptors (Lipinski definition) is 10. The number of hydroxylamine groups is 2. The number of aromatic nitrogens is 3. The summed E-state index contributed by atoms with van der Waals surface area (Å²) in [6.07, 6.45) is 3.66. The van der Waals surface area contributed by atoms with E-state index in [-0.39, 0.29) is 62.4 Å². The Morgan fingerprint density at radius 2 is 1.73 bits per heavy atom. The smallest absolute Gasteiger partial charge is 0.333 e. The van der Waals surface area contributed by atoms with Crippen LogP contribution in [-0.4, -0.2) is 53.4 Å². The van der Waals surface area contributed by atoms with Crippen molar-refractivity contribution in [3.05, 3.63) is 53.3 Å². The third-order valence-electron chi connectivity index (χ3n) is 7.72. The van der Waals surface area contributed by atoms with Crippen LogP contribution < -0.4 is 5.73 Å². The number of imidazole rings is 1. The number of nitrogens with two attached hydrogens (primary N) is 1. The number of phenols is 2. The SMILES string of the molecule is CCCCc1nc2c(N)nc3ccc(CCC(=O)CCCC(=O)ON4C(=O)CCC4=O)cc3c2n1Cc1cc(O)ccc1O. The number of carbonyl (C=O) groups is 4. The second kappa shape index (κ2) is 13.1. The lowest BCUT2D eigenvalue weighted by molar-refractivity contribution is -0.197. The Bertz CT molecular complexity index is 1750. The third kappa shape index (κ3) is 6.64. The number of Topliss-reactive ketones (excluding diaryl/α,β-unsaturated/α-hetero) is 1. The lowest BCUT2D eigenvalue weighted by Gasteiger charge is -2.13. The number of ketones is 1. The Morgan fingerprint density at radius 1 is 0.955 bits per heavy atom. The quantitative estimate of drug-likeness (QED) is 0.148. The van der Waals surface area contributed by atoms with E-state index in [4.69, 9.17) is 15.6 Å². The van der Waals surface area contributed by atoms with E-state index in [1.54, 1.807) is 0 Å². The summed E-state index contributed by atoms with van der Waals surface area (Å²) in [4.78, 5) is 62.1. The molecule has 1 aliphatic heterocycles. The molecule has 5 rings (SSSR count). The maximum Gasteiger partial charge on any atom is 0.333 e. The van der Waals surface area contributed by atoms with Gasteiger partial charge in [0.2, 0.25) is 0 Å². The number of amides is 2. The molecule has 1 saturated heterocycles. The van der Waals surface area contributed by atoms with E-state index in [0.717, 1.165) is 35.1 Å². The number of nitrogen functional groups attached to an aromatic ring is 1. The first-order valence-corrected chi connectivity index (χ1v) is 14.8. The second-order valence-electron chi connectivity index (χ2n) is 11.0. The first-order chi connectivity index (χ1) is 21.1. The number of hydrogen-bond donors (Lipinski definition) is 3. The number of benzene rings is 2. The van der Waals surface area contributed by atoms with Crippen molar-refractivity contribution < 1.29 is 34.2 Å². The number of unbranched alkanes of at least 4 members (excludes halogenated alkanes) is 1. The van der Waals surface area contributed by atoms with Gasteiger partial charge in [-0.05, 0) is 55.2 Å². The Hall–Kier alpha value is -5.00. The molecule has 12 heteroatoms. The summed E-state index contributed by atoms with van der Waals surface area (Å²) >= 11 is 0. The van der Waals surface area contributed by atoms with Crippen LogP contribution in [0.1, 0.15) is 75.2 Å². The Balaban J connectivity index is 1.33. The summed E-state index contributed by atoms with van der Waals surface area (Å²) < 4.78 is 2.01. The largest absolute Gasteiger partial charge is 0.508 e. The minimum Gasteiger partial charge on any atom is -0.508 e. The van der Waals surface area contributed by atoms with Gasteiger partial charge in [-0.3, -0.25) is 14.4 Å². The molecule has 0 spiro atoms. The second-order valence-corrected chi connectivity index (χ2v) is 11.0. The van der Waals surface area contributed by atoms with E-state index in [1.807, 2.05) is 22.8 Å². The first-order valence-electron chi connectivity index (χ1n) is 14.8. The van der Waals surface area contributed by atoms with Crippen LogP contribution >= 0.6 is 0 Å². The summed E-state index contributed by atoms with van der Waals surface area (Å²) in [5.41, 5.74) is 9.79. The van der Waals surface area contributed by atoms with Crippen molar-refractivity contribution >= 4 is 51.3 Å². The number of aromatic hydroxyl groups is 2. The number of pyridine rings is 1. The molecule has 1 fully saturated rings. The van der Waals surface area contributed by atoms with Crippen LogP contribution in [0, 0.1) is 0 Å². The van der Waals surface area contributed by atoms with Crippen molar-refractivity contribution in [1.82, 2.24) is 19.6 Å². The standard InChI is InChI=1S/C32H35N5O7/c1-2-3-6-26-35-30-31(36(26)18-20-17-22(39)11-13-25(20)40)23-16-19(9-12-24(23)34-32(30)33)8-10-21(38)5-4-7-29(43)44-37-27(41)14-15-28(37)42/h9,11-13,16-17,39-40H,2-8,10,14-15,18H2,1H3,(H2,33,34). The van der Waals surface area contributed by atoms with Crippen LogP contribution in [0.4, 0.5) is 5.82 Å². The predicted molar refractivity (Wildman–Crippen MR) is 161 cm³/mol. The van der Waals surface area contributed by atoms with E-state index < -0.39 is 17.8 Å². The van der Waals surface area contributed by atoms with Gasteiger partial charge < -0.3 is 25.4 Å². The molecule has 0 aliphatic carbocycles. The molecule has 2 aromatic carbocycles. The highest BCUT2D eigenvalue weighted by atomic mass is 16.7. The summed E-state index contributed by atoms with van der Waals surface area (Å²) in [5.74, 6) is -0.636. The maximum atomic E-state index is 12.6. The van der Waals surface area contributed by atoms with Crippen LogP contribution in [-0.2, 0) is 43.4 Å². The molecular weight excluding hydrogens is 566 g/mol. The number of anilines is 1. The Morgan fingerprint density at radius 3 is 2.48 bits per heavy atom. The number of rotatable bonds is 13. The average Bonchev–Trinajstić information content (AvgIpc) is 3.52. The summed E-state index contributed by atoms with van der Waals surface area (Å²) in [6.45, 7) is 2.36. The third-order valence-corrected chi connectivity index (χ3v) is 7.72. The van der Waals surface area contributed by atoms with Gasteiger partial charge in [-0.25, -0.2) is 14.8 Å². The van der Waals surface area contributed by atoms with E-state index in [1.165, 1.54) is 18.2 Å². The molecule has 0 atom stereocenters. The number of imide groups is 1. The maximum absolute atomic E-state index is 12.6. The highest BCUT2D eigenvalue weighted by molar-refractivity contribution is 6.07. The minimum atomic E-state index is -0.722. The van der Waals surface area contributed by atoms with Crippen molar-refractivity contribution in [3.63, 3.8) is 0 Å². The fourth-order valence-corrected chi connectivity index (χ4v) is 5.37. The zero-order valence-corrected chi connectivity index (χ0v) is 24.5. The fraction of sp³-hybridized carbons (Fsp3) is 0.375. The molecule has 0 bridgehead atoms. The zero-order chi connectivity index (χ0) is 31.4. The lowest BCUT2D eigenvalue weighted by Crippen LogP contribution is -2.32. The molecule has 0 saturated carbocycles. The summed E-state index contributed by atoms with van der Waals surface area (Å²) in [6, 6.07) is 10.1. The van der Waals surface area contributed by atoms with Gasteiger partial charge in [0, 0.05) is 49.5 Å². The van der Waals surface area contributed by atoms with Crippen molar-refractivity contribution in [3.8, 4) is 11.5 Å². The molecule has 0 unspecified atom stereocenters. The van der Waals surface area contributed by atoms with E-state index in [2.05, 4.69) is 11.9 Å². The first kappa shape index (κ1) is 30.5. The summed E-state index contributed by atoms with van der Waals surface area (Å²) in [5, 5.41) is 21.9. The molecule has 3 heterocycles. The number of carbonyl (C=O) groups excluding carboxylic acids is 4. The van der Waals surface area contributed by atoms with Crippen LogP contribution in [0.25, 0.3) is 21.9 Å². The van der Waals surface area contributed by atoms with E-state index >= 15 is 0 Å². The average molecular weight is 602 g/mol. The molecule has 44 heavy (non-hydrogen) atoms. The fourth-order valence-electron chi connectivity index (χ4n) is 5.37. The Labute approximate surface area is 253 Å². The van der Waals surface area contributed by atoms with Crippen LogP contribution in [0.15, 0.2) is 36.4 Å². The molecule has 12 nitrogen and oxygen atoms in total. The molecule has 230 valence electrons. The van der Waals surface area contributed by atoms with E-state index in [9.17, 15) is 29.4 Å². The minimum absolute atomic E-state index is 0.0257. The normalized spacial score (nSPS) is 13.3. The number of nitrogens with zero attached hydrogens (tertiary/aromatic N) is 4. The molecule has 1 aliphatic rings. The molecule has 2 aromatic heterocycles. The molecule has 0 radical (unpaired) electrons. The van der Waals surface area contributed by atoms with Crippen LogP contribution in [0.5, 0.6) is 11.5 Å².